The Morgan fingerprint density at radius 2 is 1.78 bits per heavy atom. The standard InChI is InChI=1S/C22H27N5/c23-22(26-19-6-2-1-3-7-19)24-14-17-10-12-18(13-11-17)15-27-16-25-20-8-4-5-9-21(20)27/h4-5,8-13,16,19H,1-3,6-7,14-15H2,(H3,23,24,26). The van der Waals surface area contributed by atoms with E-state index in [-0.39, 0.29) is 0 Å². The molecule has 0 bridgehead atoms. The molecule has 0 amide bonds. The lowest BCUT2D eigenvalue weighted by Gasteiger charge is -2.23. The normalized spacial score (nSPS) is 15.9. The summed E-state index contributed by atoms with van der Waals surface area (Å²) >= 11 is 0. The van der Waals surface area contributed by atoms with Crippen LogP contribution in [0.1, 0.15) is 43.2 Å². The van der Waals surface area contributed by atoms with Crippen LogP contribution in [0.5, 0.6) is 0 Å². The highest BCUT2D eigenvalue weighted by Gasteiger charge is 2.13. The molecule has 0 spiro atoms. The minimum absolute atomic E-state index is 0.495. The topological polar surface area (TPSA) is 68.2 Å². The summed E-state index contributed by atoms with van der Waals surface area (Å²) in [5.41, 5.74) is 10.7. The molecule has 0 atom stereocenters. The van der Waals surface area contributed by atoms with Crippen LogP contribution in [0.3, 0.4) is 0 Å². The van der Waals surface area contributed by atoms with Crippen molar-refractivity contribution in [2.75, 3.05) is 0 Å². The largest absolute Gasteiger partial charge is 0.370 e. The Morgan fingerprint density at radius 1 is 1.04 bits per heavy atom. The number of aliphatic imine (C=N–C) groups is 1. The first-order chi connectivity index (χ1) is 13.3. The smallest absolute Gasteiger partial charge is 0.189 e. The third-order valence-corrected chi connectivity index (χ3v) is 5.29. The van der Waals surface area contributed by atoms with Gasteiger partial charge in [0, 0.05) is 12.6 Å². The van der Waals surface area contributed by atoms with E-state index in [1.165, 1.54) is 43.2 Å². The highest BCUT2D eigenvalue weighted by atomic mass is 15.1. The number of fused-ring (bicyclic) bond motifs is 1. The van der Waals surface area contributed by atoms with Crippen molar-refractivity contribution in [3.8, 4) is 0 Å². The Morgan fingerprint density at radius 3 is 2.59 bits per heavy atom. The van der Waals surface area contributed by atoms with Gasteiger partial charge in [0.15, 0.2) is 5.96 Å². The second-order valence-electron chi connectivity index (χ2n) is 7.36. The van der Waals surface area contributed by atoms with Crippen molar-refractivity contribution in [2.24, 2.45) is 10.7 Å². The number of hydrogen-bond acceptors (Lipinski definition) is 2. The fourth-order valence-electron chi connectivity index (χ4n) is 3.76. The van der Waals surface area contributed by atoms with Crippen molar-refractivity contribution < 1.29 is 0 Å². The molecule has 140 valence electrons. The first-order valence-electron chi connectivity index (χ1n) is 9.82. The maximum Gasteiger partial charge on any atom is 0.189 e. The van der Waals surface area contributed by atoms with E-state index in [1.807, 2.05) is 24.5 Å². The van der Waals surface area contributed by atoms with Gasteiger partial charge in [0.1, 0.15) is 0 Å². The van der Waals surface area contributed by atoms with Gasteiger partial charge in [0.2, 0.25) is 0 Å². The Kier molecular flexibility index (Phi) is 5.37. The van der Waals surface area contributed by atoms with Gasteiger partial charge in [0.25, 0.3) is 0 Å². The molecule has 0 aliphatic heterocycles. The summed E-state index contributed by atoms with van der Waals surface area (Å²) in [6.07, 6.45) is 8.23. The molecule has 1 heterocycles. The van der Waals surface area contributed by atoms with Gasteiger partial charge in [-0.1, -0.05) is 55.7 Å². The van der Waals surface area contributed by atoms with Gasteiger partial charge in [-0.2, -0.15) is 0 Å². The summed E-state index contributed by atoms with van der Waals surface area (Å²) < 4.78 is 2.18. The highest BCUT2D eigenvalue weighted by Crippen LogP contribution is 2.17. The fourth-order valence-corrected chi connectivity index (χ4v) is 3.76. The van der Waals surface area contributed by atoms with Gasteiger partial charge in [0.05, 0.1) is 23.9 Å². The van der Waals surface area contributed by atoms with Crippen molar-refractivity contribution in [3.63, 3.8) is 0 Å². The third kappa shape index (κ3) is 4.48. The number of guanidine groups is 1. The van der Waals surface area contributed by atoms with E-state index in [0.29, 0.717) is 18.5 Å². The lowest BCUT2D eigenvalue weighted by Crippen LogP contribution is -2.41. The summed E-state index contributed by atoms with van der Waals surface area (Å²) in [6.45, 7) is 1.43. The average molecular weight is 361 g/mol. The quantitative estimate of drug-likeness (QED) is 0.536. The van der Waals surface area contributed by atoms with Crippen molar-refractivity contribution in [3.05, 3.63) is 66.0 Å². The zero-order valence-electron chi connectivity index (χ0n) is 15.6. The molecule has 1 aromatic heterocycles. The molecule has 3 N–H and O–H groups in total. The van der Waals surface area contributed by atoms with Crippen molar-refractivity contribution in [2.45, 2.75) is 51.2 Å². The van der Waals surface area contributed by atoms with Crippen LogP contribution in [0, 0.1) is 0 Å². The second kappa shape index (κ2) is 8.25. The van der Waals surface area contributed by atoms with E-state index >= 15 is 0 Å². The zero-order chi connectivity index (χ0) is 18.5. The van der Waals surface area contributed by atoms with Gasteiger partial charge < -0.3 is 15.6 Å². The summed E-state index contributed by atoms with van der Waals surface area (Å²) in [4.78, 5) is 8.96. The van der Waals surface area contributed by atoms with Crippen molar-refractivity contribution in [1.29, 1.82) is 0 Å². The Labute approximate surface area is 160 Å². The van der Waals surface area contributed by atoms with Crippen LogP contribution in [0.4, 0.5) is 0 Å². The minimum Gasteiger partial charge on any atom is -0.370 e. The SMILES string of the molecule is NC(=NCc1ccc(Cn2cnc3ccccc32)cc1)NC1CCCCC1. The number of nitrogens with two attached hydrogens (primary N) is 1. The van der Waals surface area contributed by atoms with E-state index in [0.717, 1.165) is 17.6 Å². The van der Waals surface area contributed by atoms with Gasteiger partial charge in [-0.15, -0.1) is 0 Å². The van der Waals surface area contributed by atoms with E-state index < -0.39 is 0 Å². The summed E-state index contributed by atoms with van der Waals surface area (Å²) in [5.74, 6) is 0.566. The summed E-state index contributed by atoms with van der Waals surface area (Å²) in [6, 6.07) is 17.3. The summed E-state index contributed by atoms with van der Waals surface area (Å²) in [7, 11) is 0. The molecule has 0 radical (unpaired) electrons. The van der Waals surface area contributed by atoms with Crippen LogP contribution >= 0.6 is 0 Å². The van der Waals surface area contributed by atoms with E-state index in [2.05, 4.69) is 50.2 Å². The molecular formula is C22H27N5. The average Bonchev–Trinajstić information content (AvgIpc) is 3.11. The Bertz CT molecular complexity index is 904. The van der Waals surface area contributed by atoms with Crippen molar-refractivity contribution in [1.82, 2.24) is 14.9 Å². The molecule has 3 aromatic rings. The molecule has 0 unspecified atom stereocenters. The lowest BCUT2D eigenvalue weighted by atomic mass is 9.96. The second-order valence-corrected chi connectivity index (χ2v) is 7.36. The zero-order valence-corrected chi connectivity index (χ0v) is 15.6. The maximum absolute atomic E-state index is 6.05. The number of benzene rings is 2. The van der Waals surface area contributed by atoms with Crippen LogP contribution < -0.4 is 11.1 Å². The number of aromatic nitrogens is 2. The summed E-state index contributed by atoms with van der Waals surface area (Å²) in [5, 5.41) is 3.36. The lowest BCUT2D eigenvalue weighted by molar-refractivity contribution is 0.412. The Hall–Kier alpha value is -2.82. The number of rotatable bonds is 5. The molecule has 1 fully saturated rings. The number of hydrogen-bond donors (Lipinski definition) is 2. The highest BCUT2D eigenvalue weighted by molar-refractivity contribution is 5.78. The molecular weight excluding hydrogens is 334 g/mol. The molecule has 5 nitrogen and oxygen atoms in total. The minimum atomic E-state index is 0.495. The van der Waals surface area contributed by atoms with Crippen molar-refractivity contribution >= 4 is 17.0 Å². The van der Waals surface area contributed by atoms with Crippen LogP contribution in [0.25, 0.3) is 11.0 Å². The number of imidazole rings is 1. The van der Waals surface area contributed by atoms with Gasteiger partial charge in [-0.3, -0.25) is 0 Å². The van der Waals surface area contributed by atoms with Crippen LogP contribution in [0.15, 0.2) is 59.9 Å². The number of para-hydroxylation sites is 2. The molecule has 2 aromatic carbocycles. The molecule has 1 saturated carbocycles. The molecule has 1 aliphatic carbocycles. The third-order valence-electron chi connectivity index (χ3n) is 5.29. The van der Waals surface area contributed by atoms with Crippen LogP contribution in [0.2, 0.25) is 0 Å². The number of nitrogens with one attached hydrogen (secondary N) is 1. The predicted molar refractivity (Wildman–Crippen MR) is 111 cm³/mol. The van der Waals surface area contributed by atoms with E-state index in [4.69, 9.17) is 5.73 Å². The van der Waals surface area contributed by atoms with Gasteiger partial charge >= 0.3 is 0 Å². The molecule has 4 rings (SSSR count). The Balaban J connectivity index is 1.35. The number of nitrogens with zero attached hydrogens (tertiary/aromatic N) is 3. The maximum atomic E-state index is 6.05. The van der Waals surface area contributed by atoms with Gasteiger partial charge in [-0.25, -0.2) is 9.98 Å². The first kappa shape index (κ1) is 17.6. The molecule has 1 aliphatic rings. The fraction of sp³-hybridized carbons (Fsp3) is 0.364. The van der Waals surface area contributed by atoms with Gasteiger partial charge in [-0.05, 0) is 36.1 Å². The van der Waals surface area contributed by atoms with Crippen LogP contribution in [-0.2, 0) is 13.1 Å². The van der Waals surface area contributed by atoms with Crippen LogP contribution in [-0.4, -0.2) is 21.6 Å². The molecule has 0 saturated heterocycles. The van der Waals surface area contributed by atoms with E-state index in [1.54, 1.807) is 0 Å². The first-order valence-corrected chi connectivity index (χ1v) is 9.82. The molecule has 27 heavy (non-hydrogen) atoms. The van der Waals surface area contributed by atoms with E-state index in [9.17, 15) is 0 Å². The monoisotopic (exact) mass is 361 g/mol. The molecule has 5 heteroatoms. The predicted octanol–water partition coefficient (Wildman–Crippen LogP) is 3.82.